The molecule has 2 aromatic rings. The number of rotatable bonds is 3. The standard InChI is InChI=1S/C12H8Cl3N3O2/c13-8-4-9(14)12(17-11(8)15)18-16-5-6-1-2-7(19)3-10(6)20/h1-5,19-20H,(H,17,18)/b16-5+. The van der Waals surface area contributed by atoms with Gasteiger partial charge in [0.2, 0.25) is 0 Å². The largest absolute Gasteiger partial charge is 0.508 e. The molecule has 5 nitrogen and oxygen atoms in total. The lowest BCUT2D eigenvalue weighted by Gasteiger charge is -2.04. The van der Waals surface area contributed by atoms with Gasteiger partial charge < -0.3 is 10.2 Å². The van der Waals surface area contributed by atoms with Crippen LogP contribution in [0, 0.1) is 0 Å². The van der Waals surface area contributed by atoms with Crippen LogP contribution in [0.3, 0.4) is 0 Å². The van der Waals surface area contributed by atoms with E-state index in [1.807, 2.05) is 0 Å². The monoisotopic (exact) mass is 331 g/mol. The van der Waals surface area contributed by atoms with Crippen molar-refractivity contribution in [1.29, 1.82) is 0 Å². The number of anilines is 1. The molecule has 3 N–H and O–H groups in total. The van der Waals surface area contributed by atoms with Gasteiger partial charge in [0.05, 0.1) is 16.3 Å². The summed E-state index contributed by atoms with van der Waals surface area (Å²) in [7, 11) is 0. The molecule has 0 saturated carbocycles. The topological polar surface area (TPSA) is 77.7 Å². The van der Waals surface area contributed by atoms with Gasteiger partial charge in [0.15, 0.2) is 5.82 Å². The zero-order chi connectivity index (χ0) is 14.7. The van der Waals surface area contributed by atoms with E-state index in [1.165, 1.54) is 30.5 Å². The van der Waals surface area contributed by atoms with Gasteiger partial charge in [-0.1, -0.05) is 34.8 Å². The number of halogens is 3. The zero-order valence-electron chi connectivity index (χ0n) is 9.81. The number of nitrogens with zero attached hydrogens (tertiary/aromatic N) is 2. The van der Waals surface area contributed by atoms with E-state index >= 15 is 0 Å². The van der Waals surface area contributed by atoms with Crippen molar-refractivity contribution in [3.05, 3.63) is 45.0 Å². The predicted molar refractivity (Wildman–Crippen MR) is 80.3 cm³/mol. The maximum atomic E-state index is 9.56. The van der Waals surface area contributed by atoms with Crippen LogP contribution >= 0.6 is 34.8 Å². The van der Waals surface area contributed by atoms with E-state index in [9.17, 15) is 5.11 Å². The molecule has 20 heavy (non-hydrogen) atoms. The Morgan fingerprint density at radius 2 is 1.85 bits per heavy atom. The molecular weight excluding hydrogens is 325 g/mol. The molecule has 0 unspecified atom stereocenters. The van der Waals surface area contributed by atoms with Crippen molar-refractivity contribution in [3.63, 3.8) is 0 Å². The van der Waals surface area contributed by atoms with E-state index in [2.05, 4.69) is 15.5 Å². The summed E-state index contributed by atoms with van der Waals surface area (Å²) < 4.78 is 0. The molecule has 104 valence electrons. The van der Waals surface area contributed by atoms with Gasteiger partial charge in [-0.25, -0.2) is 4.98 Å². The number of phenols is 2. The predicted octanol–water partition coefficient (Wildman–Crippen LogP) is 3.90. The average Bonchev–Trinajstić information content (AvgIpc) is 2.38. The van der Waals surface area contributed by atoms with Crippen LogP contribution in [0.1, 0.15) is 5.56 Å². The lowest BCUT2D eigenvalue weighted by atomic mass is 10.2. The third-order valence-electron chi connectivity index (χ3n) is 2.27. The third-order valence-corrected chi connectivity index (χ3v) is 3.24. The molecular formula is C12H8Cl3N3O2. The van der Waals surface area contributed by atoms with Crippen LogP contribution in [-0.2, 0) is 0 Å². The first-order chi connectivity index (χ1) is 9.47. The fraction of sp³-hybridized carbons (Fsp3) is 0. The summed E-state index contributed by atoms with van der Waals surface area (Å²) in [6.07, 6.45) is 1.34. The van der Waals surface area contributed by atoms with Gasteiger partial charge in [-0.05, 0) is 18.2 Å². The SMILES string of the molecule is Oc1ccc(/C=N/Nc2nc(Cl)c(Cl)cc2Cl)c(O)c1. The van der Waals surface area contributed by atoms with E-state index in [0.717, 1.165) is 0 Å². The zero-order valence-corrected chi connectivity index (χ0v) is 12.1. The second kappa shape index (κ2) is 6.17. The smallest absolute Gasteiger partial charge is 0.166 e. The summed E-state index contributed by atoms with van der Waals surface area (Å²) in [6.45, 7) is 0. The van der Waals surface area contributed by atoms with E-state index < -0.39 is 0 Å². The second-order valence-electron chi connectivity index (χ2n) is 3.70. The first kappa shape index (κ1) is 14.7. The Balaban J connectivity index is 2.16. The molecule has 0 aliphatic heterocycles. The van der Waals surface area contributed by atoms with Crippen molar-refractivity contribution < 1.29 is 10.2 Å². The number of hydrogen-bond donors (Lipinski definition) is 3. The fourth-order valence-electron chi connectivity index (χ4n) is 1.33. The molecule has 0 amide bonds. The molecule has 2 rings (SSSR count). The Labute approximate surface area is 129 Å². The Morgan fingerprint density at radius 1 is 1.10 bits per heavy atom. The maximum absolute atomic E-state index is 9.56. The van der Waals surface area contributed by atoms with Crippen molar-refractivity contribution >= 4 is 46.8 Å². The van der Waals surface area contributed by atoms with Gasteiger partial charge in [-0.3, -0.25) is 5.43 Å². The van der Waals surface area contributed by atoms with E-state index in [4.69, 9.17) is 39.9 Å². The summed E-state index contributed by atoms with van der Waals surface area (Å²) in [5.74, 6) is 0.0844. The highest BCUT2D eigenvalue weighted by Crippen LogP contribution is 2.28. The van der Waals surface area contributed by atoms with Crippen molar-refractivity contribution in [2.24, 2.45) is 5.10 Å². The minimum absolute atomic E-state index is 0.0400. The van der Waals surface area contributed by atoms with Crippen LogP contribution in [0.4, 0.5) is 5.82 Å². The summed E-state index contributed by atoms with van der Waals surface area (Å²) in [5.41, 5.74) is 2.99. The van der Waals surface area contributed by atoms with Crippen LogP contribution in [0.2, 0.25) is 15.2 Å². The normalized spacial score (nSPS) is 10.9. The molecule has 1 aromatic heterocycles. The molecule has 0 aliphatic rings. The lowest BCUT2D eigenvalue weighted by Crippen LogP contribution is -1.95. The van der Waals surface area contributed by atoms with Gasteiger partial charge in [-0.2, -0.15) is 5.10 Å². The third kappa shape index (κ3) is 3.45. The van der Waals surface area contributed by atoms with Crippen molar-refractivity contribution in [2.75, 3.05) is 5.43 Å². The fourth-order valence-corrected chi connectivity index (χ4v) is 1.87. The van der Waals surface area contributed by atoms with Gasteiger partial charge in [0, 0.05) is 11.6 Å². The molecule has 0 aliphatic carbocycles. The van der Waals surface area contributed by atoms with Crippen LogP contribution in [0.5, 0.6) is 11.5 Å². The molecule has 0 saturated heterocycles. The number of hydrogen-bond acceptors (Lipinski definition) is 5. The quantitative estimate of drug-likeness (QED) is 0.452. The molecule has 8 heteroatoms. The molecule has 0 radical (unpaired) electrons. The summed E-state index contributed by atoms with van der Waals surface area (Å²) >= 11 is 17.4. The maximum Gasteiger partial charge on any atom is 0.166 e. The number of benzene rings is 1. The van der Waals surface area contributed by atoms with Crippen LogP contribution in [0.25, 0.3) is 0 Å². The number of hydrazone groups is 1. The van der Waals surface area contributed by atoms with E-state index in [0.29, 0.717) is 5.56 Å². The van der Waals surface area contributed by atoms with Gasteiger partial charge in [-0.15, -0.1) is 0 Å². The first-order valence-electron chi connectivity index (χ1n) is 5.30. The highest BCUT2D eigenvalue weighted by atomic mass is 35.5. The van der Waals surface area contributed by atoms with Crippen molar-refractivity contribution in [1.82, 2.24) is 4.98 Å². The average molecular weight is 333 g/mol. The molecule has 1 aromatic carbocycles. The van der Waals surface area contributed by atoms with Crippen molar-refractivity contribution in [3.8, 4) is 11.5 Å². The molecule has 0 fully saturated rings. The molecule has 0 atom stereocenters. The van der Waals surface area contributed by atoms with Gasteiger partial charge in [0.1, 0.15) is 16.7 Å². The number of aromatic hydroxyl groups is 2. The number of pyridine rings is 1. The Bertz CT molecular complexity index is 677. The van der Waals surface area contributed by atoms with Crippen LogP contribution in [-0.4, -0.2) is 21.4 Å². The Kier molecular flexibility index (Phi) is 4.54. The Morgan fingerprint density at radius 3 is 2.55 bits per heavy atom. The summed E-state index contributed by atoms with van der Waals surface area (Å²) in [4.78, 5) is 3.91. The first-order valence-corrected chi connectivity index (χ1v) is 6.43. The molecule has 0 spiro atoms. The van der Waals surface area contributed by atoms with E-state index in [1.54, 1.807) is 0 Å². The lowest BCUT2D eigenvalue weighted by molar-refractivity contribution is 0.450. The van der Waals surface area contributed by atoms with E-state index in [-0.39, 0.29) is 32.5 Å². The van der Waals surface area contributed by atoms with Crippen LogP contribution < -0.4 is 5.43 Å². The number of nitrogens with one attached hydrogen (secondary N) is 1. The molecule has 0 bridgehead atoms. The Hall–Kier alpha value is -1.69. The minimum atomic E-state index is -0.108. The highest BCUT2D eigenvalue weighted by Gasteiger charge is 2.07. The highest BCUT2D eigenvalue weighted by molar-refractivity contribution is 6.42. The van der Waals surface area contributed by atoms with Gasteiger partial charge in [0.25, 0.3) is 0 Å². The second-order valence-corrected chi connectivity index (χ2v) is 4.88. The molecule has 1 heterocycles. The summed E-state index contributed by atoms with van der Waals surface area (Å²) in [6, 6.07) is 5.56. The number of aromatic nitrogens is 1. The minimum Gasteiger partial charge on any atom is -0.508 e. The summed E-state index contributed by atoms with van der Waals surface area (Å²) in [5, 5.41) is 23.2. The number of phenolic OH excluding ortho intramolecular Hbond substituents is 2. The van der Waals surface area contributed by atoms with Crippen LogP contribution in [0.15, 0.2) is 29.4 Å². The van der Waals surface area contributed by atoms with Crippen molar-refractivity contribution in [2.45, 2.75) is 0 Å². The van der Waals surface area contributed by atoms with Gasteiger partial charge >= 0.3 is 0 Å².